The number of hydrogen-bond acceptors (Lipinski definition) is 7. The highest BCUT2D eigenvalue weighted by molar-refractivity contribution is 8.00. The molecule has 0 fully saturated rings. The first-order chi connectivity index (χ1) is 14.6. The van der Waals surface area contributed by atoms with Crippen LogP contribution in [0.1, 0.15) is 5.56 Å². The third kappa shape index (κ3) is 5.38. The second-order valence-corrected chi connectivity index (χ2v) is 9.19. The maximum Gasteiger partial charge on any atom is 0.260 e. The fourth-order valence-electron chi connectivity index (χ4n) is 2.96. The maximum atomic E-state index is 13.8. The number of ether oxygens (including phenoxy) is 1. The maximum absolute atomic E-state index is 13.8. The number of nitrogens with two attached hydrogens (primary N) is 1. The quantitative estimate of drug-likeness (QED) is 0.386. The second-order valence-electron chi connectivity index (χ2n) is 6.97. The number of aromatic nitrogens is 2. The molecule has 0 saturated heterocycles. The summed E-state index contributed by atoms with van der Waals surface area (Å²) in [6.07, 6.45) is 1.48. The number of anilines is 3. The summed E-state index contributed by atoms with van der Waals surface area (Å²) in [7, 11) is -2.47. The van der Waals surface area contributed by atoms with Crippen LogP contribution < -0.4 is 20.5 Å². The number of nitrogens with zero attached hydrogens (tertiary/aromatic N) is 2. The van der Waals surface area contributed by atoms with Gasteiger partial charge in [0.1, 0.15) is 23.7 Å². The van der Waals surface area contributed by atoms with Gasteiger partial charge >= 0.3 is 0 Å². The second kappa shape index (κ2) is 8.74. The normalized spacial score (nSPS) is 13.9. The molecule has 2 unspecified atom stereocenters. The molecule has 0 saturated carbocycles. The Labute approximate surface area is 178 Å². The number of amides is 1. The Morgan fingerprint density at radius 3 is 2.74 bits per heavy atom. The summed E-state index contributed by atoms with van der Waals surface area (Å²) in [4.78, 5) is 19.9. The minimum atomic E-state index is -2.47. The summed E-state index contributed by atoms with van der Waals surface area (Å²) >= 11 is 0. The zero-order valence-electron chi connectivity index (χ0n) is 16.9. The third-order valence-electron chi connectivity index (χ3n) is 4.22. The molecule has 0 radical (unpaired) electrons. The molecule has 5 N–H and O–H groups in total. The molecule has 31 heavy (non-hydrogen) atoms. The summed E-state index contributed by atoms with van der Waals surface area (Å²) in [5.74, 6) is 2.47. The number of hydrogen-bond donors (Lipinski definition) is 4. The zero-order chi connectivity index (χ0) is 22.8. The van der Waals surface area contributed by atoms with E-state index in [4.69, 9.17) is 10.5 Å². The number of aliphatic hydroxyl groups excluding tert-OH is 1. The van der Waals surface area contributed by atoms with Crippen molar-refractivity contribution in [2.45, 2.75) is 13.0 Å². The number of carbonyl (C=O) groups is 1. The Morgan fingerprint density at radius 2 is 2.10 bits per heavy atom. The van der Waals surface area contributed by atoms with E-state index in [-0.39, 0.29) is 5.75 Å². The predicted octanol–water partition coefficient (Wildman–Crippen LogP) is 1.72. The molecule has 164 valence electrons. The van der Waals surface area contributed by atoms with Crippen molar-refractivity contribution in [2.24, 2.45) is 5.73 Å². The molecule has 3 aromatic rings. The van der Waals surface area contributed by atoms with Crippen molar-refractivity contribution < 1.29 is 23.2 Å². The van der Waals surface area contributed by atoms with Crippen LogP contribution >= 0.6 is 0 Å². The van der Waals surface area contributed by atoms with Crippen molar-refractivity contribution in [3.05, 3.63) is 48.0 Å². The number of benzene rings is 2. The van der Waals surface area contributed by atoms with Crippen LogP contribution in [0.25, 0.3) is 10.9 Å². The summed E-state index contributed by atoms with van der Waals surface area (Å²) < 4.78 is 34.0. The van der Waals surface area contributed by atoms with E-state index >= 15 is 0 Å². The Hall–Kier alpha value is -3.44. The fourth-order valence-corrected chi connectivity index (χ4v) is 3.57. The first-order valence-electron chi connectivity index (χ1n) is 9.06. The van der Waals surface area contributed by atoms with E-state index in [9.17, 15) is 18.5 Å². The summed E-state index contributed by atoms with van der Waals surface area (Å²) in [5, 5.41) is 13.0. The first-order valence-corrected chi connectivity index (χ1v) is 11.2. The Balaban J connectivity index is 2.03. The highest BCUT2D eigenvalue weighted by atomic mass is 32.2. The topological polar surface area (TPSA) is 139 Å². The molecule has 0 aliphatic heterocycles. The molecule has 9 nitrogen and oxygen atoms in total. The van der Waals surface area contributed by atoms with Crippen LogP contribution in [0.2, 0.25) is 0 Å². The van der Waals surface area contributed by atoms with Gasteiger partial charge in [0.05, 0.1) is 17.8 Å². The van der Waals surface area contributed by atoms with E-state index < -0.39 is 34.1 Å². The van der Waals surface area contributed by atoms with Crippen molar-refractivity contribution in [3.8, 4) is 5.75 Å². The number of aryl methyl sites for hydroxylation is 1. The molecular weight excluding hydrogens is 425 g/mol. The van der Waals surface area contributed by atoms with E-state index in [0.717, 1.165) is 11.6 Å². The molecular formula is C20H22FN5O4S. The van der Waals surface area contributed by atoms with Crippen LogP contribution in [-0.2, 0) is 14.5 Å². The predicted molar refractivity (Wildman–Crippen MR) is 119 cm³/mol. The number of halogens is 1. The molecule has 1 amide bonds. The van der Waals surface area contributed by atoms with Gasteiger partial charge in [-0.05, 0) is 42.6 Å². The smallest absolute Gasteiger partial charge is 0.260 e. The number of primary amides is 1. The Kier molecular flexibility index (Phi) is 6.27. The largest absolute Gasteiger partial charge is 0.476 e. The van der Waals surface area contributed by atoms with Crippen molar-refractivity contribution in [1.82, 2.24) is 9.97 Å². The lowest BCUT2D eigenvalue weighted by molar-refractivity contribution is -0.126. The van der Waals surface area contributed by atoms with Crippen LogP contribution in [-0.4, -0.2) is 50.0 Å². The van der Waals surface area contributed by atoms with Gasteiger partial charge < -0.3 is 25.6 Å². The minimum absolute atomic E-state index is 0.0247. The number of nitrogens with one attached hydrogen (secondary N) is 2. The Bertz CT molecular complexity index is 1250. The lowest BCUT2D eigenvalue weighted by atomic mass is 10.1. The molecule has 11 heteroatoms. The van der Waals surface area contributed by atoms with Crippen LogP contribution in [0.15, 0.2) is 36.7 Å². The average molecular weight is 447 g/mol. The van der Waals surface area contributed by atoms with Gasteiger partial charge in [0, 0.05) is 33.1 Å². The van der Waals surface area contributed by atoms with Gasteiger partial charge in [-0.3, -0.25) is 4.79 Å². The van der Waals surface area contributed by atoms with Crippen LogP contribution in [0.3, 0.4) is 0 Å². The van der Waals surface area contributed by atoms with E-state index in [0.29, 0.717) is 28.1 Å². The van der Waals surface area contributed by atoms with Gasteiger partial charge in [-0.25, -0.2) is 18.6 Å². The Morgan fingerprint density at radius 1 is 1.35 bits per heavy atom. The molecule has 2 aromatic carbocycles. The number of rotatable bonds is 8. The summed E-state index contributed by atoms with van der Waals surface area (Å²) in [6.45, 7) is 1.17. The third-order valence-corrected chi connectivity index (χ3v) is 4.89. The monoisotopic (exact) mass is 447 g/mol. The molecule has 0 aliphatic carbocycles. The van der Waals surface area contributed by atoms with E-state index in [1.807, 2.05) is 6.92 Å². The van der Waals surface area contributed by atoms with Gasteiger partial charge in [0.15, 0.2) is 6.10 Å². The summed E-state index contributed by atoms with van der Waals surface area (Å²) in [6, 6.07) is 7.17. The van der Waals surface area contributed by atoms with Crippen molar-refractivity contribution in [1.29, 1.82) is 0 Å². The molecule has 3 rings (SSSR count). The van der Waals surface area contributed by atoms with Crippen LogP contribution in [0.4, 0.5) is 21.6 Å². The van der Waals surface area contributed by atoms with Gasteiger partial charge in [-0.15, -0.1) is 0 Å². The standard InChI is InChI=1S/C20H22FN5O4S/c1-11-6-13(26-31(2,3)29)8-15-18(11)20(24-10-23-15)25-14-5-4-12(21)7-16(14)30-17(9-27)19(22)28/h4-8,10,17,27H,2,9H2,1,3H3,(H2,22,28)(H,26,29)(H,23,24,25). The van der Waals surface area contributed by atoms with E-state index in [1.54, 1.807) is 12.1 Å². The van der Waals surface area contributed by atoms with Gasteiger partial charge in [0.25, 0.3) is 5.91 Å². The van der Waals surface area contributed by atoms with Crippen molar-refractivity contribution in [2.75, 3.05) is 22.9 Å². The first kappa shape index (κ1) is 22.2. The zero-order valence-corrected chi connectivity index (χ0v) is 17.7. The van der Waals surface area contributed by atoms with Gasteiger partial charge in [-0.1, -0.05) is 0 Å². The van der Waals surface area contributed by atoms with Crippen molar-refractivity contribution >= 4 is 49.6 Å². The highest BCUT2D eigenvalue weighted by Crippen LogP contribution is 2.33. The lowest BCUT2D eigenvalue weighted by Crippen LogP contribution is -2.36. The van der Waals surface area contributed by atoms with E-state index in [2.05, 4.69) is 25.9 Å². The lowest BCUT2D eigenvalue weighted by Gasteiger charge is -2.18. The van der Waals surface area contributed by atoms with Crippen LogP contribution in [0.5, 0.6) is 5.75 Å². The van der Waals surface area contributed by atoms with E-state index in [1.165, 1.54) is 24.7 Å². The van der Waals surface area contributed by atoms with Crippen LogP contribution in [0, 0.1) is 12.7 Å². The summed E-state index contributed by atoms with van der Waals surface area (Å²) in [5.41, 5.74) is 7.44. The SMILES string of the molecule is C=S(C)(=O)Nc1cc(C)c2c(Nc3ccc(F)cc3OC(CO)C(N)=O)ncnc2c1. The molecule has 0 aliphatic rings. The van der Waals surface area contributed by atoms with Crippen molar-refractivity contribution in [3.63, 3.8) is 0 Å². The molecule has 1 aromatic heterocycles. The molecule has 0 spiro atoms. The highest BCUT2D eigenvalue weighted by Gasteiger charge is 2.19. The fraction of sp³-hybridized carbons (Fsp3) is 0.200. The van der Waals surface area contributed by atoms with Gasteiger partial charge in [0.2, 0.25) is 0 Å². The number of fused-ring (bicyclic) bond motifs is 1. The average Bonchev–Trinajstić information content (AvgIpc) is 2.66. The number of carbonyl (C=O) groups excluding carboxylic acids is 1. The molecule has 1 heterocycles. The minimum Gasteiger partial charge on any atom is -0.476 e. The van der Waals surface area contributed by atoms with Gasteiger partial charge in [-0.2, -0.15) is 0 Å². The molecule has 2 atom stereocenters. The molecule has 0 bridgehead atoms. The number of aliphatic hydroxyl groups is 1.